The van der Waals surface area contributed by atoms with Crippen LogP contribution in [0.25, 0.3) is 5.65 Å². The first-order valence-corrected chi connectivity index (χ1v) is 5.78. The Morgan fingerprint density at radius 2 is 1.95 bits per heavy atom. The smallest absolute Gasteiger partial charge is 0.178 e. The van der Waals surface area contributed by atoms with Gasteiger partial charge in [0.25, 0.3) is 0 Å². The second-order valence-electron chi connectivity index (χ2n) is 3.88. The number of hydrogen-bond donors (Lipinski definition) is 1. The second-order valence-corrected chi connectivity index (χ2v) is 3.88. The topological polar surface area (TPSA) is 73.3 Å². The predicted molar refractivity (Wildman–Crippen MR) is 73.8 cm³/mol. The average Bonchev–Trinajstić information content (AvgIpc) is 2.84. The lowest BCUT2D eigenvalue weighted by molar-refractivity contribution is 0.101. The molecule has 0 aliphatic carbocycles. The summed E-state index contributed by atoms with van der Waals surface area (Å²) in [5.41, 5.74) is 6.68. The zero-order chi connectivity index (χ0) is 13.7. The quantitative estimate of drug-likeness (QED) is 0.676. The molecule has 5 heteroatoms. The van der Waals surface area contributed by atoms with Crippen molar-refractivity contribution in [3.8, 4) is 0 Å². The number of pyridine rings is 2. The predicted octanol–water partition coefficient (Wildman–Crippen LogP) is 2.20. The first-order valence-electron chi connectivity index (χ1n) is 5.78. The molecule has 3 heterocycles. The summed E-state index contributed by atoms with van der Waals surface area (Å²) < 4.78 is 1.78. The summed E-state index contributed by atoms with van der Waals surface area (Å²) >= 11 is 0. The Labute approximate surface area is 110 Å². The SMILES string of the molecule is CC(=O)c1cnc2ccccn12.Nc1ccccn1. The molecule has 0 radical (unpaired) electrons. The summed E-state index contributed by atoms with van der Waals surface area (Å²) in [5.74, 6) is 0.608. The molecular formula is C14H14N4O. The van der Waals surface area contributed by atoms with Crippen molar-refractivity contribution >= 4 is 17.2 Å². The Balaban J connectivity index is 0.000000163. The summed E-state index contributed by atoms with van der Waals surface area (Å²) in [6.07, 6.45) is 5.09. The molecule has 96 valence electrons. The number of aromatic nitrogens is 3. The fourth-order valence-corrected chi connectivity index (χ4v) is 1.57. The highest BCUT2D eigenvalue weighted by Gasteiger charge is 2.04. The van der Waals surface area contributed by atoms with E-state index in [4.69, 9.17) is 5.73 Å². The molecule has 3 aromatic heterocycles. The van der Waals surface area contributed by atoms with Crippen LogP contribution in [0, 0.1) is 0 Å². The number of rotatable bonds is 1. The first-order chi connectivity index (χ1) is 9.18. The maximum Gasteiger partial charge on any atom is 0.178 e. The molecule has 0 bridgehead atoms. The number of hydrogen-bond acceptors (Lipinski definition) is 4. The van der Waals surface area contributed by atoms with Crippen LogP contribution in [-0.4, -0.2) is 20.2 Å². The molecule has 0 unspecified atom stereocenters. The maximum absolute atomic E-state index is 11.1. The molecule has 0 amide bonds. The number of nitrogen functional groups attached to an aromatic ring is 1. The third kappa shape index (κ3) is 3.16. The minimum Gasteiger partial charge on any atom is -0.384 e. The third-order valence-electron chi connectivity index (χ3n) is 2.47. The Morgan fingerprint density at radius 3 is 2.53 bits per heavy atom. The third-order valence-corrected chi connectivity index (χ3v) is 2.47. The lowest BCUT2D eigenvalue weighted by atomic mass is 10.3. The number of carbonyl (C=O) groups excluding carboxylic acids is 1. The molecular weight excluding hydrogens is 240 g/mol. The van der Waals surface area contributed by atoms with Crippen LogP contribution in [0.1, 0.15) is 17.4 Å². The van der Waals surface area contributed by atoms with Crippen molar-refractivity contribution in [2.24, 2.45) is 0 Å². The van der Waals surface area contributed by atoms with Crippen molar-refractivity contribution in [3.63, 3.8) is 0 Å². The molecule has 0 saturated carbocycles. The van der Waals surface area contributed by atoms with Gasteiger partial charge in [0.15, 0.2) is 5.78 Å². The number of Topliss-reactive ketones (excluding diaryl/α,β-unsaturated/α-hetero) is 1. The summed E-state index contributed by atoms with van der Waals surface area (Å²) in [6, 6.07) is 11.1. The van der Waals surface area contributed by atoms with Gasteiger partial charge in [-0.15, -0.1) is 0 Å². The van der Waals surface area contributed by atoms with E-state index in [-0.39, 0.29) is 5.78 Å². The molecule has 0 aliphatic heterocycles. The van der Waals surface area contributed by atoms with Crippen LogP contribution in [0.4, 0.5) is 5.82 Å². The maximum atomic E-state index is 11.1. The van der Waals surface area contributed by atoms with Gasteiger partial charge in [0, 0.05) is 19.3 Å². The Hall–Kier alpha value is -2.69. The van der Waals surface area contributed by atoms with Gasteiger partial charge in [-0.25, -0.2) is 9.97 Å². The fraction of sp³-hybridized carbons (Fsp3) is 0.0714. The number of fused-ring (bicyclic) bond motifs is 1. The van der Waals surface area contributed by atoms with Crippen LogP contribution in [-0.2, 0) is 0 Å². The normalized spacial score (nSPS) is 9.74. The van der Waals surface area contributed by atoms with Crippen molar-refractivity contribution in [2.45, 2.75) is 6.92 Å². The Morgan fingerprint density at radius 1 is 1.16 bits per heavy atom. The zero-order valence-electron chi connectivity index (χ0n) is 10.5. The minimum atomic E-state index is 0.0358. The molecule has 0 saturated heterocycles. The number of imidazole rings is 1. The van der Waals surface area contributed by atoms with Crippen LogP contribution in [0.3, 0.4) is 0 Å². The molecule has 19 heavy (non-hydrogen) atoms. The first kappa shape index (κ1) is 12.8. The van der Waals surface area contributed by atoms with Crippen LogP contribution in [0.15, 0.2) is 55.0 Å². The highest BCUT2D eigenvalue weighted by molar-refractivity contribution is 5.93. The van der Waals surface area contributed by atoms with E-state index in [0.717, 1.165) is 5.65 Å². The largest absolute Gasteiger partial charge is 0.384 e. The summed E-state index contributed by atoms with van der Waals surface area (Å²) in [7, 11) is 0. The van der Waals surface area contributed by atoms with Crippen LogP contribution < -0.4 is 5.73 Å². The summed E-state index contributed by atoms with van der Waals surface area (Å²) in [6.45, 7) is 1.54. The van der Waals surface area contributed by atoms with E-state index >= 15 is 0 Å². The summed E-state index contributed by atoms with van der Waals surface area (Å²) in [5, 5.41) is 0. The fourth-order valence-electron chi connectivity index (χ4n) is 1.57. The molecule has 0 aromatic carbocycles. The van der Waals surface area contributed by atoms with E-state index in [1.54, 1.807) is 22.9 Å². The van der Waals surface area contributed by atoms with E-state index in [2.05, 4.69) is 9.97 Å². The number of nitrogens with two attached hydrogens (primary N) is 1. The van der Waals surface area contributed by atoms with Crippen molar-refractivity contribution in [3.05, 3.63) is 60.7 Å². The van der Waals surface area contributed by atoms with Gasteiger partial charge in [-0.1, -0.05) is 12.1 Å². The summed E-state index contributed by atoms with van der Waals surface area (Å²) in [4.78, 5) is 18.9. The molecule has 3 aromatic rings. The van der Waals surface area contributed by atoms with Gasteiger partial charge in [0.1, 0.15) is 17.2 Å². The van der Waals surface area contributed by atoms with Crippen molar-refractivity contribution < 1.29 is 4.79 Å². The lowest BCUT2D eigenvalue weighted by Crippen LogP contribution is -1.96. The molecule has 0 fully saturated rings. The van der Waals surface area contributed by atoms with Gasteiger partial charge in [-0.3, -0.25) is 9.20 Å². The molecule has 5 nitrogen and oxygen atoms in total. The van der Waals surface area contributed by atoms with Gasteiger partial charge >= 0.3 is 0 Å². The molecule has 0 spiro atoms. The number of carbonyl (C=O) groups is 1. The lowest BCUT2D eigenvalue weighted by Gasteiger charge is -1.94. The standard InChI is InChI=1S/C9H8N2O.C5H6N2/c1-7(12)8-6-10-9-4-2-3-5-11(8)9;6-5-3-1-2-4-7-5/h2-6H,1H3;1-4H,(H2,6,7). The van der Waals surface area contributed by atoms with Gasteiger partial charge in [-0.05, 0) is 24.3 Å². The Kier molecular flexibility index (Phi) is 3.87. The van der Waals surface area contributed by atoms with Gasteiger partial charge in [0.05, 0.1) is 6.20 Å². The Bertz CT molecular complexity index is 676. The van der Waals surface area contributed by atoms with Crippen molar-refractivity contribution in [1.29, 1.82) is 0 Å². The number of nitrogens with zero attached hydrogens (tertiary/aromatic N) is 3. The van der Waals surface area contributed by atoms with E-state index < -0.39 is 0 Å². The van der Waals surface area contributed by atoms with Gasteiger partial charge < -0.3 is 5.73 Å². The molecule has 3 rings (SSSR count). The van der Waals surface area contributed by atoms with Crippen LogP contribution in [0.2, 0.25) is 0 Å². The highest BCUT2D eigenvalue weighted by atomic mass is 16.1. The molecule has 2 N–H and O–H groups in total. The number of anilines is 1. The van der Waals surface area contributed by atoms with Crippen LogP contribution in [0.5, 0.6) is 0 Å². The van der Waals surface area contributed by atoms with Gasteiger partial charge in [-0.2, -0.15) is 0 Å². The van der Waals surface area contributed by atoms with E-state index in [1.165, 1.54) is 6.92 Å². The van der Waals surface area contributed by atoms with Crippen LogP contribution >= 0.6 is 0 Å². The molecule has 0 atom stereocenters. The zero-order valence-corrected chi connectivity index (χ0v) is 10.5. The van der Waals surface area contributed by atoms with E-state index in [9.17, 15) is 4.79 Å². The van der Waals surface area contributed by atoms with E-state index in [0.29, 0.717) is 11.5 Å². The van der Waals surface area contributed by atoms with Gasteiger partial charge in [0.2, 0.25) is 0 Å². The second kappa shape index (κ2) is 5.77. The van der Waals surface area contributed by atoms with Crippen molar-refractivity contribution in [1.82, 2.24) is 14.4 Å². The molecule has 0 aliphatic rings. The number of ketones is 1. The average molecular weight is 254 g/mol. The minimum absolute atomic E-state index is 0.0358. The monoisotopic (exact) mass is 254 g/mol. The highest BCUT2D eigenvalue weighted by Crippen LogP contribution is 2.05. The van der Waals surface area contributed by atoms with E-state index in [1.807, 2.05) is 36.5 Å². The van der Waals surface area contributed by atoms with Crippen molar-refractivity contribution in [2.75, 3.05) is 5.73 Å².